The van der Waals surface area contributed by atoms with Crippen molar-refractivity contribution in [3.63, 3.8) is 0 Å². The summed E-state index contributed by atoms with van der Waals surface area (Å²) in [6.07, 6.45) is 8.38. The minimum atomic E-state index is 0. The third-order valence-electron chi connectivity index (χ3n) is 6.92. The van der Waals surface area contributed by atoms with Crippen LogP contribution in [0, 0.1) is 12.7 Å². The third-order valence-corrected chi connectivity index (χ3v) is 9.32. The first-order valence-electron chi connectivity index (χ1n) is 12.6. The van der Waals surface area contributed by atoms with Crippen LogP contribution in [0.15, 0.2) is 104 Å². The number of halogens is 1. The number of fused-ring (bicyclic) bond motifs is 6. The molecule has 0 spiro atoms. The number of benzene rings is 4. The van der Waals surface area contributed by atoms with Gasteiger partial charge in [-0.15, -0.1) is 40.7 Å². The molecule has 2 aliphatic rings. The van der Waals surface area contributed by atoms with E-state index in [1.807, 2.05) is 46.9 Å². The Morgan fingerprint density at radius 2 is 1.28 bits per heavy atom. The fourth-order valence-corrected chi connectivity index (χ4v) is 7.53. The summed E-state index contributed by atoms with van der Waals surface area (Å²) in [5.74, 6) is 0. The third kappa shape index (κ3) is 6.89. The molecule has 0 fully saturated rings. The molecule has 0 amide bonds. The molecule has 0 bridgehead atoms. The fourth-order valence-electron chi connectivity index (χ4n) is 5.09. The molecule has 43 heavy (non-hydrogen) atoms. The van der Waals surface area contributed by atoms with E-state index < -0.39 is 0 Å². The van der Waals surface area contributed by atoms with Gasteiger partial charge in [-0.2, -0.15) is 24.9 Å². The molecule has 4 heterocycles. The first kappa shape index (κ1) is 36.6. The van der Waals surface area contributed by atoms with E-state index in [9.17, 15) is 0 Å². The van der Waals surface area contributed by atoms with Gasteiger partial charge in [-0.05, 0) is 43.0 Å². The minimum Gasteiger partial charge on any atom is -0.510 e. The molecule has 2 aromatic heterocycles. The zero-order valence-corrected chi connectivity index (χ0v) is 28.3. The van der Waals surface area contributed by atoms with Crippen LogP contribution < -0.4 is 9.80 Å². The van der Waals surface area contributed by atoms with Crippen molar-refractivity contribution in [1.29, 1.82) is 0 Å². The van der Waals surface area contributed by atoms with E-state index in [1.54, 1.807) is 0 Å². The van der Waals surface area contributed by atoms with E-state index in [0.29, 0.717) is 0 Å². The number of anilines is 2. The van der Waals surface area contributed by atoms with Gasteiger partial charge in [0, 0.05) is 59.7 Å². The predicted molar refractivity (Wildman–Crippen MR) is 201 cm³/mol. The Labute approximate surface area is 295 Å². The number of hydrogen-bond acceptors (Lipinski definition) is 6. The van der Waals surface area contributed by atoms with Crippen molar-refractivity contribution < 1.29 is 20.1 Å². The second-order valence-corrected chi connectivity index (χ2v) is 11.7. The first-order chi connectivity index (χ1) is 18.7. The standard InChI is InChI=1S/C16H14N2S.C16H12N2S.3CH4.HI.Ir/c2*1-17-9-10-18(11-17)14-7-4-6-13-12-5-2-3-8-15(12)19-16(13)14;;;;;/h2-10H,11H2,1H3;2-6,8-11H,1H3;3*1H4;1H;/q;-2;;;;;. The molecule has 0 saturated heterocycles. The molecule has 8 heteroatoms. The van der Waals surface area contributed by atoms with Crippen molar-refractivity contribution in [2.45, 2.75) is 22.3 Å². The Balaban J connectivity index is 0.000000269. The zero-order chi connectivity index (χ0) is 25.6. The molecule has 0 unspecified atom stereocenters. The Bertz CT molecular complexity index is 1730. The molecule has 6 aromatic rings. The van der Waals surface area contributed by atoms with Gasteiger partial charge in [-0.25, -0.2) is 11.3 Å². The molecule has 0 aliphatic carbocycles. The van der Waals surface area contributed by atoms with Crippen LogP contribution in [0.2, 0.25) is 0 Å². The average Bonchev–Trinajstić information content (AvgIpc) is 3.73. The van der Waals surface area contributed by atoms with Crippen molar-refractivity contribution in [3.8, 4) is 0 Å². The van der Waals surface area contributed by atoms with E-state index in [0.717, 1.165) is 12.4 Å². The molecule has 0 saturated carbocycles. The quantitative estimate of drug-likeness (QED) is 0.127. The predicted octanol–water partition coefficient (Wildman–Crippen LogP) is 11.0. The van der Waals surface area contributed by atoms with Crippen molar-refractivity contribution >= 4 is 98.4 Å². The summed E-state index contributed by atoms with van der Waals surface area (Å²) in [4.78, 5) is 8.65. The molecule has 2 aliphatic heterocycles. The Kier molecular flexibility index (Phi) is 13.1. The Morgan fingerprint density at radius 1 is 0.674 bits per heavy atom. The van der Waals surface area contributed by atoms with Gasteiger partial charge in [0.2, 0.25) is 0 Å². The van der Waals surface area contributed by atoms with Crippen LogP contribution in [0.3, 0.4) is 0 Å². The van der Waals surface area contributed by atoms with Crippen molar-refractivity contribution in [2.75, 3.05) is 30.6 Å². The average molecular weight is 899 g/mol. The van der Waals surface area contributed by atoms with E-state index in [-0.39, 0.29) is 66.4 Å². The summed E-state index contributed by atoms with van der Waals surface area (Å²) >= 11 is 3.71. The maximum Gasteiger partial charge on any atom is 0.0939 e. The minimum absolute atomic E-state index is 0. The summed E-state index contributed by atoms with van der Waals surface area (Å²) in [6.45, 7) is 2.99. The normalized spacial score (nSPS) is 13.3. The number of rotatable bonds is 2. The SMILES string of the molecule is C.C.C.CN1C=CN(c2[c-]ccc3c2sc2ccccc23)[CH-]1.CN1C=CN(c2cccc3c2sc2ccccc23)C1.I.[Ir]. The van der Waals surface area contributed by atoms with Gasteiger partial charge in [-0.1, -0.05) is 81.2 Å². The van der Waals surface area contributed by atoms with Crippen LogP contribution in [0.5, 0.6) is 0 Å². The van der Waals surface area contributed by atoms with Gasteiger partial charge < -0.3 is 19.6 Å². The van der Waals surface area contributed by atoms with Crippen LogP contribution in [0.25, 0.3) is 40.3 Å². The summed E-state index contributed by atoms with van der Waals surface area (Å²) in [5.41, 5.74) is 2.43. The summed E-state index contributed by atoms with van der Waals surface area (Å²) < 4.78 is 5.36. The van der Waals surface area contributed by atoms with Crippen molar-refractivity contribution in [3.05, 3.63) is 116 Å². The molecule has 0 atom stereocenters. The first-order valence-corrected chi connectivity index (χ1v) is 14.2. The van der Waals surface area contributed by atoms with Gasteiger partial charge in [0.05, 0.1) is 17.1 Å². The smallest absolute Gasteiger partial charge is 0.0939 e. The van der Waals surface area contributed by atoms with Crippen LogP contribution >= 0.6 is 46.7 Å². The van der Waals surface area contributed by atoms with Gasteiger partial charge in [0.1, 0.15) is 0 Å². The van der Waals surface area contributed by atoms with Gasteiger partial charge in [-0.3, -0.25) is 0 Å². The van der Waals surface area contributed by atoms with Crippen LogP contribution in [0.4, 0.5) is 11.4 Å². The van der Waals surface area contributed by atoms with Crippen LogP contribution in [0.1, 0.15) is 22.3 Å². The van der Waals surface area contributed by atoms with E-state index in [2.05, 4.69) is 126 Å². The van der Waals surface area contributed by atoms with Gasteiger partial charge >= 0.3 is 0 Å². The molecular formula is C35H39IIrN4S2-2. The fraction of sp³-hybridized carbons (Fsp3) is 0.171. The Hall–Kier alpha value is -2.62. The molecule has 0 N–H and O–H groups in total. The molecular weight excluding hydrogens is 860 g/mol. The van der Waals surface area contributed by atoms with E-state index >= 15 is 0 Å². The second kappa shape index (κ2) is 15.4. The number of nitrogens with zero attached hydrogens (tertiary/aromatic N) is 4. The topological polar surface area (TPSA) is 13.0 Å². The maximum atomic E-state index is 3.36. The number of hydrogen-bond donors (Lipinski definition) is 0. The van der Waals surface area contributed by atoms with Gasteiger partial charge in [0.15, 0.2) is 0 Å². The number of thiophene rings is 2. The molecule has 229 valence electrons. The molecule has 8 rings (SSSR count). The zero-order valence-electron chi connectivity index (χ0n) is 21.9. The summed E-state index contributed by atoms with van der Waals surface area (Å²) in [6, 6.07) is 31.3. The van der Waals surface area contributed by atoms with E-state index in [4.69, 9.17) is 0 Å². The van der Waals surface area contributed by atoms with Crippen molar-refractivity contribution in [2.24, 2.45) is 0 Å². The largest absolute Gasteiger partial charge is 0.510 e. The van der Waals surface area contributed by atoms with Crippen molar-refractivity contribution in [1.82, 2.24) is 9.80 Å². The molecule has 4 nitrogen and oxygen atoms in total. The summed E-state index contributed by atoms with van der Waals surface area (Å²) in [5, 5.41) is 5.36. The Morgan fingerprint density at radius 3 is 1.88 bits per heavy atom. The maximum absolute atomic E-state index is 3.36. The molecule has 1 radical (unpaired) electrons. The van der Waals surface area contributed by atoms with Crippen LogP contribution in [-0.4, -0.2) is 30.6 Å². The second-order valence-electron chi connectivity index (χ2n) is 9.57. The van der Waals surface area contributed by atoms with E-state index in [1.165, 1.54) is 46.0 Å². The molecule has 4 aromatic carbocycles. The van der Waals surface area contributed by atoms with Crippen LogP contribution in [-0.2, 0) is 20.1 Å². The summed E-state index contributed by atoms with van der Waals surface area (Å²) in [7, 11) is 4.13. The van der Waals surface area contributed by atoms with Gasteiger partial charge in [0.25, 0.3) is 0 Å². The monoisotopic (exact) mass is 899 g/mol.